The minimum Gasteiger partial charge on any atom is -0.342 e. The van der Waals surface area contributed by atoms with E-state index in [2.05, 4.69) is 155 Å². The molecule has 6 aromatic carbocycles. The largest absolute Gasteiger partial charge is 0.342 e. The molecule has 0 saturated heterocycles. The fraction of sp³-hybridized carbons (Fsp3) is 0.0732. The van der Waals surface area contributed by atoms with Gasteiger partial charge in [-0.05, 0) is 82.6 Å². The van der Waals surface area contributed by atoms with Crippen molar-refractivity contribution < 1.29 is 0 Å². The lowest BCUT2D eigenvalue weighted by Crippen LogP contribution is -2.28. The van der Waals surface area contributed by atoms with Crippen LogP contribution in [0.15, 0.2) is 133 Å². The van der Waals surface area contributed by atoms with Crippen molar-refractivity contribution in [3.05, 3.63) is 167 Å². The second kappa shape index (κ2) is 9.63. The second-order valence-electron chi connectivity index (χ2n) is 12.2. The lowest BCUT2D eigenvalue weighted by atomic mass is 9.67. The lowest BCUT2D eigenvalue weighted by molar-refractivity contribution is 0.768. The molecule has 9 rings (SSSR count). The first-order valence-electron chi connectivity index (χ1n) is 15.4. The number of imidazole rings is 2. The maximum atomic E-state index is 4.98. The molecule has 4 nitrogen and oxygen atoms in total. The van der Waals surface area contributed by atoms with Gasteiger partial charge in [-0.25, -0.2) is 9.97 Å². The van der Waals surface area contributed by atoms with E-state index in [0.717, 1.165) is 50.4 Å². The first kappa shape index (κ1) is 25.7. The molecule has 0 spiro atoms. The first-order chi connectivity index (χ1) is 22.1. The van der Waals surface area contributed by atoms with E-state index in [9.17, 15) is 0 Å². The molecule has 1 aliphatic carbocycles. The summed E-state index contributed by atoms with van der Waals surface area (Å²) in [5.74, 6) is 1.79. The fourth-order valence-corrected chi connectivity index (χ4v) is 7.35. The van der Waals surface area contributed by atoms with Crippen LogP contribution in [0.2, 0.25) is 0 Å². The van der Waals surface area contributed by atoms with E-state index in [1.165, 1.54) is 38.9 Å². The van der Waals surface area contributed by atoms with Gasteiger partial charge >= 0.3 is 0 Å². The summed E-state index contributed by atoms with van der Waals surface area (Å²) < 4.78 is 0. The molecule has 45 heavy (non-hydrogen) atoms. The van der Waals surface area contributed by atoms with Crippen molar-refractivity contribution >= 4 is 22.1 Å². The molecule has 2 aromatic heterocycles. The van der Waals surface area contributed by atoms with Crippen molar-refractivity contribution in [1.29, 1.82) is 0 Å². The third-order valence-corrected chi connectivity index (χ3v) is 9.44. The van der Waals surface area contributed by atoms with Crippen LogP contribution in [0.1, 0.15) is 33.6 Å². The molecule has 0 atom stereocenters. The molecule has 8 aromatic rings. The van der Waals surface area contributed by atoms with Crippen LogP contribution in [0.25, 0.3) is 55.7 Å². The number of fused-ring (bicyclic) bond motifs is 5. The Morgan fingerprint density at radius 2 is 1.00 bits per heavy atom. The Labute approximate surface area is 261 Å². The van der Waals surface area contributed by atoms with E-state index in [-0.39, 0.29) is 0 Å². The van der Waals surface area contributed by atoms with E-state index in [1.807, 2.05) is 6.92 Å². The van der Waals surface area contributed by atoms with Crippen LogP contribution in [-0.4, -0.2) is 19.9 Å². The van der Waals surface area contributed by atoms with Crippen LogP contribution in [0, 0.1) is 13.8 Å². The monoisotopic (exact) mass is 578 g/mol. The lowest BCUT2D eigenvalue weighted by Gasteiger charge is -2.34. The van der Waals surface area contributed by atoms with Gasteiger partial charge in [-0.15, -0.1) is 0 Å². The van der Waals surface area contributed by atoms with Crippen molar-refractivity contribution in [1.82, 2.24) is 19.9 Å². The zero-order chi connectivity index (χ0) is 30.1. The molecule has 0 saturated carbocycles. The fourth-order valence-electron chi connectivity index (χ4n) is 7.35. The van der Waals surface area contributed by atoms with Crippen molar-refractivity contribution in [2.45, 2.75) is 19.3 Å². The number of nitrogens with one attached hydrogen (secondary N) is 2. The molecular weight excluding hydrogens is 548 g/mol. The van der Waals surface area contributed by atoms with E-state index < -0.39 is 5.41 Å². The summed E-state index contributed by atoms with van der Waals surface area (Å²) in [6, 6.07) is 48.6. The minimum atomic E-state index is -0.406. The Morgan fingerprint density at radius 3 is 1.62 bits per heavy atom. The summed E-state index contributed by atoms with van der Waals surface area (Å²) >= 11 is 0. The SMILES string of the molecule is Cc1ccc(C2(c3ccc(-c4nc5ccc(-c6ccc7nc(C)[nH]c7c6)cc5[nH]4)cc3)c3ccccc3-c3ccccc32)cc1. The topological polar surface area (TPSA) is 57.4 Å². The molecule has 2 N–H and O–H groups in total. The predicted molar refractivity (Wildman–Crippen MR) is 183 cm³/mol. The maximum absolute atomic E-state index is 4.98. The standard InChI is InChI=1S/C41H30N4/c1-25-11-17-30(18-12-25)41(34-9-5-3-7-32(34)33-8-4-6-10-35(33)41)31-19-13-27(14-20-31)40-44-37-22-16-29(24-39(37)45-40)28-15-21-36-38(23-28)43-26(2)42-36/h3-24H,1-2H3,(H,42,43)(H,44,45). The molecule has 214 valence electrons. The van der Waals surface area contributed by atoms with Crippen LogP contribution in [-0.2, 0) is 5.41 Å². The summed E-state index contributed by atoms with van der Waals surface area (Å²) in [7, 11) is 0. The summed E-state index contributed by atoms with van der Waals surface area (Å²) in [4.78, 5) is 16.5. The summed E-state index contributed by atoms with van der Waals surface area (Å²) in [5.41, 5.74) is 16.0. The highest BCUT2D eigenvalue weighted by Crippen LogP contribution is 2.56. The molecule has 4 heteroatoms. The van der Waals surface area contributed by atoms with Gasteiger partial charge in [-0.2, -0.15) is 0 Å². The molecule has 0 fully saturated rings. The minimum absolute atomic E-state index is 0.406. The third kappa shape index (κ3) is 3.85. The Hall–Kier alpha value is -5.74. The number of benzene rings is 6. The van der Waals surface area contributed by atoms with E-state index >= 15 is 0 Å². The Kier molecular flexibility index (Phi) is 5.51. The first-order valence-corrected chi connectivity index (χ1v) is 15.4. The molecule has 1 aliphatic rings. The number of hydrogen-bond acceptors (Lipinski definition) is 2. The van der Waals surface area contributed by atoms with Crippen molar-refractivity contribution in [3.63, 3.8) is 0 Å². The normalized spacial score (nSPS) is 13.3. The van der Waals surface area contributed by atoms with E-state index in [0.29, 0.717) is 0 Å². The van der Waals surface area contributed by atoms with Gasteiger partial charge in [0.1, 0.15) is 11.6 Å². The van der Waals surface area contributed by atoms with Gasteiger partial charge in [0, 0.05) is 5.56 Å². The molecule has 0 amide bonds. The quantitative estimate of drug-likeness (QED) is 0.218. The van der Waals surface area contributed by atoms with Crippen molar-refractivity contribution in [2.24, 2.45) is 0 Å². The number of hydrogen-bond donors (Lipinski definition) is 2. The zero-order valence-electron chi connectivity index (χ0n) is 25.1. The van der Waals surface area contributed by atoms with Crippen LogP contribution in [0.5, 0.6) is 0 Å². The second-order valence-corrected chi connectivity index (χ2v) is 12.2. The number of aromatic nitrogens is 4. The highest BCUT2D eigenvalue weighted by atomic mass is 14.9. The zero-order valence-corrected chi connectivity index (χ0v) is 25.1. The summed E-state index contributed by atoms with van der Waals surface area (Å²) in [6.45, 7) is 4.13. The van der Waals surface area contributed by atoms with Crippen LogP contribution < -0.4 is 0 Å². The number of nitrogens with zero attached hydrogens (tertiary/aromatic N) is 2. The van der Waals surface area contributed by atoms with E-state index in [1.54, 1.807) is 0 Å². The highest BCUT2D eigenvalue weighted by Gasteiger charge is 2.45. The van der Waals surface area contributed by atoms with Gasteiger partial charge in [-0.1, -0.05) is 115 Å². The van der Waals surface area contributed by atoms with Gasteiger partial charge in [0.05, 0.1) is 27.5 Å². The van der Waals surface area contributed by atoms with Gasteiger partial charge in [0.2, 0.25) is 0 Å². The Bertz CT molecular complexity index is 2350. The number of aryl methyl sites for hydroxylation is 2. The number of rotatable bonds is 4. The predicted octanol–water partition coefficient (Wildman–Crippen LogP) is 9.75. The summed E-state index contributed by atoms with van der Waals surface area (Å²) in [5, 5.41) is 0. The number of H-pyrrole nitrogens is 2. The van der Waals surface area contributed by atoms with Gasteiger partial charge < -0.3 is 9.97 Å². The average Bonchev–Trinajstić information content (AvgIpc) is 3.76. The van der Waals surface area contributed by atoms with Crippen LogP contribution in [0.4, 0.5) is 0 Å². The van der Waals surface area contributed by atoms with Gasteiger partial charge in [-0.3, -0.25) is 0 Å². The molecule has 2 heterocycles. The van der Waals surface area contributed by atoms with Crippen LogP contribution in [0.3, 0.4) is 0 Å². The third-order valence-electron chi connectivity index (χ3n) is 9.44. The molecular formula is C41H30N4. The smallest absolute Gasteiger partial charge is 0.138 e. The van der Waals surface area contributed by atoms with E-state index in [4.69, 9.17) is 4.98 Å². The molecule has 0 unspecified atom stereocenters. The van der Waals surface area contributed by atoms with Crippen molar-refractivity contribution in [3.8, 4) is 33.6 Å². The Balaban J connectivity index is 1.14. The summed E-state index contributed by atoms with van der Waals surface area (Å²) in [6.07, 6.45) is 0. The Morgan fingerprint density at radius 1 is 0.489 bits per heavy atom. The molecule has 0 radical (unpaired) electrons. The van der Waals surface area contributed by atoms with Crippen LogP contribution >= 0.6 is 0 Å². The van der Waals surface area contributed by atoms with Gasteiger partial charge in [0.15, 0.2) is 0 Å². The molecule has 0 aliphatic heterocycles. The highest BCUT2D eigenvalue weighted by molar-refractivity contribution is 5.89. The molecule has 0 bridgehead atoms. The van der Waals surface area contributed by atoms with Gasteiger partial charge in [0.25, 0.3) is 0 Å². The van der Waals surface area contributed by atoms with Crippen molar-refractivity contribution in [2.75, 3.05) is 0 Å². The maximum Gasteiger partial charge on any atom is 0.138 e. The number of aromatic amines is 2. The average molecular weight is 579 g/mol.